The number of anilines is 1. The van der Waals surface area contributed by atoms with Crippen LogP contribution in [0.5, 0.6) is 5.75 Å². The van der Waals surface area contributed by atoms with Crippen molar-refractivity contribution in [3.8, 4) is 5.75 Å². The average molecular weight is 420 g/mol. The molecule has 162 valence electrons. The van der Waals surface area contributed by atoms with Gasteiger partial charge in [0.05, 0.1) is 24.9 Å². The van der Waals surface area contributed by atoms with Crippen molar-refractivity contribution in [3.63, 3.8) is 0 Å². The van der Waals surface area contributed by atoms with Crippen molar-refractivity contribution in [2.24, 2.45) is 5.92 Å². The van der Waals surface area contributed by atoms with Gasteiger partial charge < -0.3 is 10.1 Å². The minimum absolute atomic E-state index is 0.109. The number of methoxy groups -OCH3 is 1. The molecule has 0 unspecified atom stereocenters. The number of amides is 1. The molecule has 0 radical (unpaired) electrons. The third-order valence-corrected chi connectivity index (χ3v) is 5.58. The number of alkyl halides is 3. The SMILES string of the molecule is COc1ccc(CCC2CCN(CC(=O)Nc3ccccc3C(F)(F)F)CC2)cc1. The molecule has 3 rings (SSSR count). The smallest absolute Gasteiger partial charge is 0.418 e. The normalized spacial score (nSPS) is 15.7. The van der Waals surface area contributed by atoms with Crippen LogP contribution >= 0.6 is 0 Å². The molecule has 2 aromatic rings. The summed E-state index contributed by atoms with van der Waals surface area (Å²) in [5.74, 6) is 1.03. The lowest BCUT2D eigenvalue weighted by molar-refractivity contribution is -0.137. The number of hydrogen-bond acceptors (Lipinski definition) is 3. The lowest BCUT2D eigenvalue weighted by atomic mass is 9.90. The molecule has 0 aliphatic carbocycles. The van der Waals surface area contributed by atoms with Gasteiger partial charge in [0.2, 0.25) is 5.91 Å². The minimum Gasteiger partial charge on any atom is -0.497 e. The molecule has 1 saturated heterocycles. The number of hydrogen-bond donors (Lipinski definition) is 1. The predicted octanol–water partition coefficient (Wildman–Crippen LogP) is 5.00. The summed E-state index contributed by atoms with van der Waals surface area (Å²) in [6.45, 7) is 1.67. The molecule has 1 N–H and O–H groups in total. The highest BCUT2D eigenvalue weighted by Gasteiger charge is 2.33. The van der Waals surface area contributed by atoms with E-state index in [1.54, 1.807) is 7.11 Å². The number of piperidine rings is 1. The van der Waals surface area contributed by atoms with Gasteiger partial charge in [-0.3, -0.25) is 9.69 Å². The fraction of sp³-hybridized carbons (Fsp3) is 0.435. The van der Waals surface area contributed by atoms with Gasteiger partial charge in [-0.25, -0.2) is 0 Å². The number of aryl methyl sites for hydroxylation is 1. The largest absolute Gasteiger partial charge is 0.497 e. The molecule has 1 aliphatic heterocycles. The van der Waals surface area contributed by atoms with E-state index in [0.29, 0.717) is 5.92 Å². The van der Waals surface area contributed by atoms with Crippen LogP contribution in [0.25, 0.3) is 0 Å². The van der Waals surface area contributed by atoms with Gasteiger partial charge >= 0.3 is 6.18 Å². The Morgan fingerprint density at radius 1 is 1.10 bits per heavy atom. The lowest BCUT2D eigenvalue weighted by Gasteiger charge is -2.31. The molecule has 1 amide bonds. The molecule has 0 spiro atoms. The fourth-order valence-corrected chi connectivity index (χ4v) is 3.83. The van der Waals surface area contributed by atoms with Crippen molar-refractivity contribution in [2.75, 3.05) is 32.1 Å². The summed E-state index contributed by atoms with van der Waals surface area (Å²) in [6.07, 6.45) is -0.425. The van der Waals surface area contributed by atoms with E-state index in [9.17, 15) is 18.0 Å². The van der Waals surface area contributed by atoms with Crippen LogP contribution in [-0.2, 0) is 17.4 Å². The van der Waals surface area contributed by atoms with Crippen LogP contribution in [0.4, 0.5) is 18.9 Å². The summed E-state index contributed by atoms with van der Waals surface area (Å²) < 4.78 is 44.4. The Morgan fingerprint density at radius 3 is 2.40 bits per heavy atom. The molecular weight excluding hydrogens is 393 g/mol. The monoisotopic (exact) mass is 420 g/mol. The first-order valence-corrected chi connectivity index (χ1v) is 10.2. The quantitative estimate of drug-likeness (QED) is 0.686. The van der Waals surface area contributed by atoms with E-state index in [0.717, 1.165) is 50.6 Å². The van der Waals surface area contributed by atoms with E-state index < -0.39 is 17.6 Å². The molecular formula is C23H27F3N2O2. The lowest BCUT2D eigenvalue weighted by Crippen LogP contribution is -2.39. The van der Waals surface area contributed by atoms with Crippen molar-refractivity contribution in [2.45, 2.75) is 31.9 Å². The Kier molecular flexibility index (Phi) is 7.37. The Morgan fingerprint density at radius 2 is 1.77 bits per heavy atom. The van der Waals surface area contributed by atoms with E-state index in [-0.39, 0.29) is 12.2 Å². The Bertz CT molecular complexity index is 829. The molecule has 4 nitrogen and oxygen atoms in total. The molecule has 1 fully saturated rings. The number of rotatable bonds is 7. The molecule has 30 heavy (non-hydrogen) atoms. The molecule has 0 aromatic heterocycles. The van der Waals surface area contributed by atoms with Crippen molar-refractivity contribution in [1.82, 2.24) is 4.90 Å². The zero-order valence-electron chi connectivity index (χ0n) is 17.0. The second-order valence-electron chi connectivity index (χ2n) is 7.70. The number of carbonyl (C=O) groups is 1. The first-order valence-electron chi connectivity index (χ1n) is 10.2. The highest BCUT2D eigenvalue weighted by atomic mass is 19.4. The van der Waals surface area contributed by atoms with Gasteiger partial charge in [-0.05, 0) is 74.5 Å². The number of nitrogens with one attached hydrogen (secondary N) is 1. The maximum atomic E-state index is 13.1. The van der Waals surface area contributed by atoms with Gasteiger partial charge in [-0.1, -0.05) is 24.3 Å². The zero-order valence-corrected chi connectivity index (χ0v) is 17.0. The van der Waals surface area contributed by atoms with E-state index in [2.05, 4.69) is 17.4 Å². The second kappa shape index (κ2) is 9.98. The highest BCUT2D eigenvalue weighted by Crippen LogP contribution is 2.34. The standard InChI is InChI=1S/C23H27F3N2O2/c1-30-19-10-8-17(9-11-19)6-7-18-12-14-28(15-13-18)16-22(29)27-21-5-3-2-4-20(21)23(24,25)26/h2-5,8-11,18H,6-7,12-16H2,1H3,(H,27,29). The van der Waals surface area contributed by atoms with Crippen LogP contribution in [0.2, 0.25) is 0 Å². The summed E-state index contributed by atoms with van der Waals surface area (Å²) >= 11 is 0. The number of likely N-dealkylation sites (tertiary alicyclic amines) is 1. The molecule has 1 heterocycles. The number of ether oxygens (including phenoxy) is 1. The molecule has 7 heteroatoms. The second-order valence-corrected chi connectivity index (χ2v) is 7.70. The predicted molar refractivity (Wildman–Crippen MR) is 111 cm³/mol. The van der Waals surface area contributed by atoms with Crippen molar-refractivity contribution < 1.29 is 22.7 Å². The van der Waals surface area contributed by atoms with Crippen LogP contribution in [0.1, 0.15) is 30.4 Å². The Hall–Kier alpha value is -2.54. The van der Waals surface area contributed by atoms with Gasteiger partial charge in [0.1, 0.15) is 5.75 Å². The Labute approximate surface area is 175 Å². The van der Waals surface area contributed by atoms with Crippen LogP contribution in [-0.4, -0.2) is 37.6 Å². The first kappa shape index (κ1) is 22.2. The minimum atomic E-state index is -4.49. The number of halogens is 3. The maximum Gasteiger partial charge on any atom is 0.418 e. The van der Waals surface area contributed by atoms with Crippen molar-refractivity contribution in [1.29, 1.82) is 0 Å². The summed E-state index contributed by atoms with van der Waals surface area (Å²) in [7, 11) is 1.65. The van der Waals surface area contributed by atoms with E-state index >= 15 is 0 Å². The third-order valence-electron chi connectivity index (χ3n) is 5.58. The summed E-state index contributed by atoms with van der Waals surface area (Å²) in [6, 6.07) is 13.2. The summed E-state index contributed by atoms with van der Waals surface area (Å²) in [4.78, 5) is 14.3. The van der Waals surface area contributed by atoms with E-state index in [1.165, 1.54) is 23.8 Å². The van der Waals surface area contributed by atoms with Gasteiger partial charge in [0, 0.05) is 0 Å². The summed E-state index contributed by atoms with van der Waals surface area (Å²) in [5.41, 5.74) is 0.265. The average Bonchev–Trinajstić information content (AvgIpc) is 2.73. The first-order chi connectivity index (χ1) is 14.3. The zero-order chi connectivity index (χ0) is 21.6. The van der Waals surface area contributed by atoms with Crippen LogP contribution < -0.4 is 10.1 Å². The number of carbonyl (C=O) groups excluding carboxylic acids is 1. The molecule has 0 bridgehead atoms. The van der Waals surface area contributed by atoms with Gasteiger partial charge in [-0.15, -0.1) is 0 Å². The van der Waals surface area contributed by atoms with Crippen molar-refractivity contribution >= 4 is 11.6 Å². The van der Waals surface area contributed by atoms with Crippen LogP contribution in [0, 0.1) is 5.92 Å². The molecule has 0 atom stereocenters. The highest BCUT2D eigenvalue weighted by molar-refractivity contribution is 5.93. The van der Waals surface area contributed by atoms with Crippen LogP contribution in [0.3, 0.4) is 0 Å². The number of para-hydroxylation sites is 1. The fourth-order valence-electron chi connectivity index (χ4n) is 3.83. The van der Waals surface area contributed by atoms with E-state index in [4.69, 9.17) is 4.74 Å². The summed E-state index contributed by atoms with van der Waals surface area (Å²) in [5, 5.41) is 2.42. The Balaban J connectivity index is 1.43. The topological polar surface area (TPSA) is 41.6 Å². The molecule has 1 aliphatic rings. The van der Waals surface area contributed by atoms with Gasteiger partial charge in [0.25, 0.3) is 0 Å². The number of nitrogens with zero attached hydrogens (tertiary/aromatic N) is 1. The van der Waals surface area contributed by atoms with E-state index in [1.807, 2.05) is 17.0 Å². The number of benzene rings is 2. The third kappa shape index (κ3) is 6.23. The molecule has 0 saturated carbocycles. The molecule has 2 aromatic carbocycles. The van der Waals surface area contributed by atoms with Crippen LogP contribution in [0.15, 0.2) is 48.5 Å². The van der Waals surface area contributed by atoms with Gasteiger partial charge in [0.15, 0.2) is 0 Å². The van der Waals surface area contributed by atoms with Gasteiger partial charge in [-0.2, -0.15) is 13.2 Å². The van der Waals surface area contributed by atoms with Crippen molar-refractivity contribution in [3.05, 3.63) is 59.7 Å². The maximum absolute atomic E-state index is 13.1.